The highest BCUT2D eigenvalue weighted by Crippen LogP contribution is 2.38. The van der Waals surface area contributed by atoms with Crippen molar-refractivity contribution in [2.24, 2.45) is 0 Å². The van der Waals surface area contributed by atoms with Crippen LogP contribution in [0.3, 0.4) is 0 Å². The fourth-order valence-corrected chi connectivity index (χ4v) is 2.75. The molecular formula is C15H18BClO5. The average Bonchev–Trinajstić information content (AvgIpc) is 2.47. The van der Waals surface area contributed by atoms with Crippen LogP contribution in [-0.4, -0.2) is 30.5 Å². The summed E-state index contributed by atoms with van der Waals surface area (Å²) in [5.74, 6) is -0.538. The van der Waals surface area contributed by atoms with Gasteiger partial charge in [-0.3, -0.25) is 4.79 Å². The molecule has 22 heavy (non-hydrogen) atoms. The van der Waals surface area contributed by atoms with E-state index in [0.29, 0.717) is 23.4 Å². The summed E-state index contributed by atoms with van der Waals surface area (Å²) in [5.41, 5.74) is 0.901. The van der Waals surface area contributed by atoms with Gasteiger partial charge in [-0.1, -0.05) is 18.5 Å². The third-order valence-corrected chi connectivity index (χ3v) is 3.85. The first-order valence-corrected chi connectivity index (χ1v) is 7.70. The molecule has 0 bridgehead atoms. The van der Waals surface area contributed by atoms with Crippen LogP contribution in [0.15, 0.2) is 12.1 Å². The Morgan fingerprint density at radius 2 is 2.18 bits per heavy atom. The van der Waals surface area contributed by atoms with Gasteiger partial charge in [0.1, 0.15) is 17.1 Å². The van der Waals surface area contributed by atoms with Gasteiger partial charge in [0.05, 0.1) is 6.61 Å². The number of halogens is 1. The van der Waals surface area contributed by atoms with Gasteiger partial charge >= 0.3 is 13.1 Å². The number of ketones is 1. The largest absolute Gasteiger partial charge is 0.535 e. The number of rotatable bonds is 5. The van der Waals surface area contributed by atoms with E-state index in [9.17, 15) is 14.6 Å². The van der Waals surface area contributed by atoms with E-state index in [1.54, 1.807) is 19.9 Å². The van der Waals surface area contributed by atoms with Crippen LogP contribution < -0.4 is 4.65 Å². The van der Waals surface area contributed by atoms with Crippen molar-refractivity contribution in [1.82, 2.24) is 0 Å². The van der Waals surface area contributed by atoms with Gasteiger partial charge < -0.3 is 14.4 Å². The number of hydrogen-bond donors (Lipinski definition) is 1. The Kier molecular flexibility index (Phi) is 5.48. The van der Waals surface area contributed by atoms with E-state index in [1.165, 1.54) is 6.07 Å². The summed E-state index contributed by atoms with van der Waals surface area (Å²) in [6.45, 7) is 3.72. The zero-order chi connectivity index (χ0) is 16.3. The lowest BCUT2D eigenvalue weighted by atomic mass is 9.64. The van der Waals surface area contributed by atoms with Gasteiger partial charge in [0.2, 0.25) is 0 Å². The molecule has 0 saturated heterocycles. The Balaban J connectivity index is 2.32. The fourth-order valence-electron chi connectivity index (χ4n) is 2.51. The van der Waals surface area contributed by atoms with Crippen LogP contribution in [0.5, 0.6) is 5.75 Å². The van der Waals surface area contributed by atoms with Crippen LogP contribution in [-0.2, 0) is 16.0 Å². The Bertz CT molecular complexity index is 590. The van der Waals surface area contributed by atoms with E-state index in [-0.39, 0.29) is 35.9 Å². The van der Waals surface area contributed by atoms with E-state index in [0.717, 1.165) is 0 Å². The van der Waals surface area contributed by atoms with E-state index in [2.05, 4.69) is 0 Å². The summed E-state index contributed by atoms with van der Waals surface area (Å²) in [4.78, 5) is 23.6. The second-order valence-corrected chi connectivity index (χ2v) is 5.67. The number of Topliss-reactive ketones (excluding diaryl/α,β-unsaturated/α-hetero) is 1. The second kappa shape index (κ2) is 7.16. The zero-order valence-electron chi connectivity index (χ0n) is 12.6. The minimum atomic E-state index is -1.13. The van der Waals surface area contributed by atoms with Gasteiger partial charge in [-0.25, -0.2) is 4.79 Å². The smallest absolute Gasteiger partial charge is 0.526 e. The number of esters is 1. The topological polar surface area (TPSA) is 72.8 Å². The van der Waals surface area contributed by atoms with Crippen LogP contribution >= 0.6 is 11.6 Å². The second-order valence-electron chi connectivity index (χ2n) is 5.23. The third-order valence-electron chi connectivity index (χ3n) is 3.63. The molecule has 0 unspecified atom stereocenters. The summed E-state index contributed by atoms with van der Waals surface area (Å²) < 4.78 is 10.5. The van der Waals surface area contributed by atoms with Gasteiger partial charge in [-0.05, 0) is 31.0 Å². The van der Waals surface area contributed by atoms with Gasteiger partial charge in [-0.15, -0.1) is 0 Å². The highest BCUT2D eigenvalue weighted by atomic mass is 35.5. The summed E-state index contributed by atoms with van der Waals surface area (Å²) in [7, 11) is -1.13. The van der Waals surface area contributed by atoms with Crippen molar-refractivity contribution < 1.29 is 24.0 Å². The Labute approximate surface area is 134 Å². The minimum absolute atomic E-state index is 0.0590. The number of ether oxygens (including phenoxy) is 1. The Morgan fingerprint density at radius 3 is 2.82 bits per heavy atom. The number of carbonyl (C=O) groups is 2. The third kappa shape index (κ3) is 3.62. The summed E-state index contributed by atoms with van der Waals surface area (Å²) in [6.07, 6.45) is 1.08. The number of fused-ring (bicyclic) bond motifs is 1. The maximum atomic E-state index is 12.0. The predicted octanol–water partition coefficient (Wildman–Crippen LogP) is 2.67. The van der Waals surface area contributed by atoms with Crippen LogP contribution in [0.1, 0.15) is 42.6 Å². The molecule has 0 aromatic heterocycles. The molecule has 2 rings (SSSR count). The quantitative estimate of drug-likeness (QED) is 0.666. The van der Waals surface area contributed by atoms with Crippen molar-refractivity contribution in [1.29, 1.82) is 0 Å². The van der Waals surface area contributed by atoms with Crippen molar-refractivity contribution in [2.45, 2.75) is 38.9 Å². The molecule has 118 valence electrons. The van der Waals surface area contributed by atoms with Crippen LogP contribution in [0.2, 0.25) is 10.8 Å². The molecule has 0 aliphatic carbocycles. The van der Waals surface area contributed by atoms with Crippen molar-refractivity contribution in [3.8, 4) is 5.75 Å². The standard InChI is InChI=1S/C15H18BClO5/c1-3-12(18)7-10-5-9-6-11(17)8-13(15(19)21-4-2)14(9)22-16(10)20/h6,8,10,20H,3-5,7H2,1-2H3/t10-/m1/s1. The first-order valence-electron chi connectivity index (χ1n) is 7.32. The van der Waals surface area contributed by atoms with E-state index in [1.807, 2.05) is 0 Å². The minimum Gasteiger partial charge on any atom is -0.535 e. The maximum Gasteiger partial charge on any atom is 0.526 e. The number of hydrogen-bond acceptors (Lipinski definition) is 5. The van der Waals surface area contributed by atoms with Crippen molar-refractivity contribution in [3.63, 3.8) is 0 Å². The lowest BCUT2D eigenvalue weighted by molar-refractivity contribution is -0.118. The van der Waals surface area contributed by atoms with Gasteiger partial charge in [0.15, 0.2) is 0 Å². The normalized spacial score (nSPS) is 16.7. The first-order chi connectivity index (χ1) is 10.5. The van der Waals surface area contributed by atoms with Crippen molar-refractivity contribution in [3.05, 3.63) is 28.3 Å². The van der Waals surface area contributed by atoms with Crippen molar-refractivity contribution in [2.75, 3.05) is 6.61 Å². The van der Waals surface area contributed by atoms with Crippen molar-refractivity contribution >= 4 is 30.5 Å². The fraction of sp³-hybridized carbons (Fsp3) is 0.467. The molecular weight excluding hydrogens is 306 g/mol. The molecule has 0 radical (unpaired) electrons. The van der Waals surface area contributed by atoms with Crippen LogP contribution in [0, 0.1) is 0 Å². The SMILES string of the molecule is CCOC(=O)c1cc(Cl)cc2c1OB(O)[C@@H](CC(=O)CC)C2. The molecule has 0 amide bonds. The molecule has 1 N–H and O–H groups in total. The molecule has 0 spiro atoms. The van der Waals surface area contributed by atoms with E-state index < -0.39 is 13.1 Å². The lowest BCUT2D eigenvalue weighted by Crippen LogP contribution is -2.35. The molecule has 0 fully saturated rings. The highest BCUT2D eigenvalue weighted by molar-refractivity contribution is 6.47. The lowest BCUT2D eigenvalue weighted by Gasteiger charge is -2.28. The molecule has 1 aliphatic heterocycles. The molecule has 1 heterocycles. The zero-order valence-corrected chi connectivity index (χ0v) is 13.4. The number of carbonyl (C=O) groups excluding carboxylic acids is 2. The monoisotopic (exact) mass is 324 g/mol. The average molecular weight is 325 g/mol. The molecule has 5 nitrogen and oxygen atoms in total. The molecule has 1 aliphatic rings. The van der Waals surface area contributed by atoms with Gasteiger partial charge in [0, 0.05) is 23.7 Å². The van der Waals surface area contributed by atoms with Crippen LogP contribution in [0.4, 0.5) is 0 Å². The Hall–Kier alpha value is -1.53. The Morgan fingerprint density at radius 1 is 1.45 bits per heavy atom. The maximum absolute atomic E-state index is 12.0. The number of benzene rings is 1. The summed E-state index contributed by atoms with van der Waals surface area (Å²) in [5, 5.41) is 10.5. The highest BCUT2D eigenvalue weighted by Gasteiger charge is 2.38. The molecule has 1 atom stereocenters. The first kappa shape index (κ1) is 16.8. The molecule has 1 aromatic rings. The molecule has 0 saturated carbocycles. The summed E-state index contributed by atoms with van der Waals surface area (Å²) in [6, 6.07) is 3.15. The molecule has 1 aromatic carbocycles. The van der Waals surface area contributed by atoms with Crippen LogP contribution in [0.25, 0.3) is 0 Å². The van der Waals surface area contributed by atoms with E-state index in [4.69, 9.17) is 21.0 Å². The summed E-state index contributed by atoms with van der Waals surface area (Å²) >= 11 is 6.05. The van der Waals surface area contributed by atoms with E-state index >= 15 is 0 Å². The molecule has 7 heteroatoms. The van der Waals surface area contributed by atoms with Gasteiger partial charge in [-0.2, -0.15) is 0 Å². The van der Waals surface area contributed by atoms with Gasteiger partial charge in [0.25, 0.3) is 0 Å². The predicted molar refractivity (Wildman–Crippen MR) is 83.4 cm³/mol.